The molecule has 2 saturated heterocycles. The Labute approximate surface area is 251 Å². The maximum atomic E-state index is 14.4. The number of amides is 3. The van der Waals surface area contributed by atoms with Gasteiger partial charge in [0.1, 0.15) is 5.75 Å². The van der Waals surface area contributed by atoms with Crippen LogP contribution in [0.1, 0.15) is 45.6 Å². The number of likely N-dealkylation sites (tertiary alicyclic amines) is 1. The highest BCUT2D eigenvalue weighted by atomic mass is 16.5. The molecule has 4 aliphatic heterocycles. The van der Waals surface area contributed by atoms with E-state index in [0.29, 0.717) is 34.9 Å². The lowest BCUT2D eigenvalue weighted by Gasteiger charge is -2.34. The Morgan fingerprint density at radius 2 is 1.95 bits per heavy atom. The van der Waals surface area contributed by atoms with Crippen LogP contribution < -0.4 is 14.5 Å². The Morgan fingerprint density at radius 1 is 1.19 bits per heavy atom. The Hall–Kier alpha value is -3.73. The Morgan fingerprint density at radius 3 is 2.67 bits per heavy atom. The van der Waals surface area contributed by atoms with Gasteiger partial charge >= 0.3 is 0 Å². The Bertz CT molecular complexity index is 1470. The third-order valence-electron chi connectivity index (χ3n) is 9.53. The molecule has 2 aromatic rings. The van der Waals surface area contributed by atoms with E-state index in [1.807, 2.05) is 37.3 Å². The number of rotatable bonds is 7. The van der Waals surface area contributed by atoms with Crippen LogP contribution in [0.3, 0.4) is 0 Å². The maximum absolute atomic E-state index is 14.4. The number of fused-ring (bicyclic) bond motifs is 3. The molecule has 2 fully saturated rings. The van der Waals surface area contributed by atoms with Crippen molar-refractivity contribution in [2.45, 2.75) is 63.4 Å². The smallest absolute Gasteiger partial charge is 0.269 e. The van der Waals surface area contributed by atoms with Gasteiger partial charge in [0.05, 0.1) is 42.1 Å². The normalized spacial score (nSPS) is 28.3. The molecule has 10 heteroatoms. The standard InChI is InChI=1S/C33H39N3O7/c1-5-14-35-24-13-12-21(36-25-10-6-7-11-26(25)42-19-29(36)39)16-23(24)33(31(35)40)20(2)30(32(3,4)41)27(43-33)17-28(38)34-15-8-9-22(34)18-37/h5-7,10-13,16,20,22,27,30,37,41H,1,8-9,14-15,17-19H2,2-4H3/t20-,22+,27+,30-,33+/m1/s1. The fraction of sp³-hybridized carbons (Fsp3) is 0.485. The quantitative estimate of drug-likeness (QED) is 0.476. The van der Waals surface area contributed by atoms with Crippen molar-refractivity contribution >= 4 is 34.8 Å². The monoisotopic (exact) mass is 589 g/mol. The number of hydrogen-bond acceptors (Lipinski definition) is 7. The summed E-state index contributed by atoms with van der Waals surface area (Å²) >= 11 is 0. The van der Waals surface area contributed by atoms with Crippen LogP contribution in [0.2, 0.25) is 0 Å². The number of anilines is 3. The molecule has 0 bridgehead atoms. The van der Waals surface area contributed by atoms with Crippen molar-refractivity contribution in [3.8, 4) is 5.75 Å². The van der Waals surface area contributed by atoms with Crippen LogP contribution >= 0.6 is 0 Å². The number of aliphatic hydroxyl groups is 2. The molecule has 0 saturated carbocycles. The van der Waals surface area contributed by atoms with Gasteiger partial charge in [-0.3, -0.25) is 19.3 Å². The highest BCUT2D eigenvalue weighted by molar-refractivity contribution is 6.10. The average Bonchev–Trinajstić information content (AvgIpc) is 3.63. The van der Waals surface area contributed by atoms with Crippen molar-refractivity contribution in [2.24, 2.45) is 11.8 Å². The summed E-state index contributed by atoms with van der Waals surface area (Å²) < 4.78 is 12.4. The summed E-state index contributed by atoms with van der Waals surface area (Å²) in [6, 6.07) is 12.5. The molecule has 0 aliphatic carbocycles. The van der Waals surface area contributed by atoms with Crippen molar-refractivity contribution in [2.75, 3.05) is 36.1 Å². The first-order chi connectivity index (χ1) is 20.5. The first-order valence-electron chi connectivity index (χ1n) is 15.0. The molecule has 2 aromatic carbocycles. The topological polar surface area (TPSA) is 120 Å². The predicted molar refractivity (Wildman–Crippen MR) is 160 cm³/mol. The molecule has 6 rings (SSSR count). The van der Waals surface area contributed by atoms with E-state index in [9.17, 15) is 24.6 Å². The third-order valence-corrected chi connectivity index (χ3v) is 9.53. The second kappa shape index (κ2) is 10.8. The summed E-state index contributed by atoms with van der Waals surface area (Å²) in [5.74, 6) is -1.22. The van der Waals surface area contributed by atoms with Gasteiger partial charge in [0.15, 0.2) is 12.2 Å². The summed E-state index contributed by atoms with van der Waals surface area (Å²) in [5, 5.41) is 21.2. The lowest BCUT2D eigenvalue weighted by atomic mass is 9.70. The zero-order chi connectivity index (χ0) is 30.7. The molecule has 43 heavy (non-hydrogen) atoms. The molecular formula is C33H39N3O7. The molecule has 4 aliphatic rings. The summed E-state index contributed by atoms with van der Waals surface area (Å²) in [6.07, 6.45) is 2.39. The van der Waals surface area contributed by atoms with Crippen molar-refractivity contribution in [1.29, 1.82) is 0 Å². The van der Waals surface area contributed by atoms with Crippen LogP contribution in [-0.2, 0) is 24.7 Å². The summed E-state index contributed by atoms with van der Waals surface area (Å²) in [4.78, 5) is 46.1. The highest BCUT2D eigenvalue weighted by Crippen LogP contribution is 2.58. The lowest BCUT2D eigenvalue weighted by molar-refractivity contribution is -0.150. The van der Waals surface area contributed by atoms with E-state index in [1.165, 1.54) is 0 Å². The highest BCUT2D eigenvalue weighted by Gasteiger charge is 2.66. The number of ether oxygens (including phenoxy) is 2. The van der Waals surface area contributed by atoms with Crippen molar-refractivity contribution < 1.29 is 34.1 Å². The van der Waals surface area contributed by atoms with Gasteiger partial charge in [0, 0.05) is 36.2 Å². The van der Waals surface area contributed by atoms with Gasteiger partial charge in [-0.25, -0.2) is 0 Å². The van der Waals surface area contributed by atoms with Crippen LogP contribution in [0.15, 0.2) is 55.1 Å². The number of carbonyl (C=O) groups excluding carboxylic acids is 3. The molecule has 0 aromatic heterocycles. The predicted octanol–water partition coefficient (Wildman–Crippen LogP) is 3.27. The van der Waals surface area contributed by atoms with E-state index in [-0.39, 0.29) is 49.9 Å². The summed E-state index contributed by atoms with van der Waals surface area (Å²) in [7, 11) is 0. The van der Waals surface area contributed by atoms with Gasteiger partial charge in [0.2, 0.25) is 5.91 Å². The average molecular weight is 590 g/mol. The van der Waals surface area contributed by atoms with Gasteiger partial charge in [0.25, 0.3) is 11.8 Å². The molecule has 228 valence electrons. The second-order valence-electron chi connectivity index (χ2n) is 12.5. The Balaban J connectivity index is 1.45. The minimum Gasteiger partial charge on any atom is -0.482 e. The molecule has 10 nitrogen and oxygen atoms in total. The van der Waals surface area contributed by atoms with Crippen LogP contribution in [0.4, 0.5) is 17.1 Å². The van der Waals surface area contributed by atoms with Gasteiger partial charge in [-0.1, -0.05) is 25.1 Å². The number of hydrogen-bond donors (Lipinski definition) is 2. The van der Waals surface area contributed by atoms with E-state index in [2.05, 4.69) is 6.58 Å². The fourth-order valence-corrected chi connectivity index (χ4v) is 7.74. The zero-order valence-corrected chi connectivity index (χ0v) is 24.9. The minimum absolute atomic E-state index is 0.0314. The van der Waals surface area contributed by atoms with Crippen molar-refractivity contribution in [3.05, 3.63) is 60.7 Å². The maximum Gasteiger partial charge on any atom is 0.269 e. The van der Waals surface area contributed by atoms with E-state index in [1.54, 1.807) is 46.8 Å². The van der Waals surface area contributed by atoms with E-state index in [0.717, 1.165) is 12.8 Å². The molecular weight excluding hydrogens is 550 g/mol. The molecule has 4 heterocycles. The van der Waals surface area contributed by atoms with Crippen LogP contribution in [0, 0.1) is 11.8 Å². The largest absolute Gasteiger partial charge is 0.482 e. The first kappa shape index (κ1) is 29.3. The first-order valence-corrected chi connectivity index (χ1v) is 15.0. The number of aliphatic hydroxyl groups excluding tert-OH is 1. The Kier molecular flexibility index (Phi) is 7.35. The molecule has 0 unspecified atom stereocenters. The van der Waals surface area contributed by atoms with Gasteiger partial charge in [-0.05, 0) is 57.0 Å². The second-order valence-corrected chi connectivity index (χ2v) is 12.5. The zero-order valence-electron chi connectivity index (χ0n) is 24.9. The third kappa shape index (κ3) is 4.54. The fourth-order valence-electron chi connectivity index (χ4n) is 7.74. The minimum atomic E-state index is -1.50. The number of para-hydroxylation sites is 2. The number of carbonyl (C=O) groups is 3. The van der Waals surface area contributed by atoms with Gasteiger partial charge in [-0.2, -0.15) is 0 Å². The number of nitrogens with zero attached hydrogens (tertiary/aromatic N) is 3. The summed E-state index contributed by atoms with van der Waals surface area (Å²) in [5.41, 5.74) is -0.402. The van der Waals surface area contributed by atoms with E-state index in [4.69, 9.17) is 9.47 Å². The van der Waals surface area contributed by atoms with E-state index < -0.39 is 29.1 Å². The van der Waals surface area contributed by atoms with Crippen LogP contribution in [-0.4, -0.2) is 76.9 Å². The number of benzene rings is 2. The molecule has 5 atom stereocenters. The summed E-state index contributed by atoms with van der Waals surface area (Å²) in [6.45, 7) is 9.67. The lowest BCUT2D eigenvalue weighted by Crippen LogP contribution is -2.46. The van der Waals surface area contributed by atoms with E-state index >= 15 is 0 Å². The van der Waals surface area contributed by atoms with Crippen molar-refractivity contribution in [1.82, 2.24) is 4.90 Å². The molecule has 0 radical (unpaired) electrons. The van der Waals surface area contributed by atoms with Crippen LogP contribution in [0.5, 0.6) is 5.75 Å². The molecule has 3 amide bonds. The SMILES string of the molecule is C=CCN1C(=O)[C@@]2(O[C@@H](CC(=O)N3CCC[C@H]3CO)[C@H](C(C)(C)O)[C@H]2C)c2cc(N3C(=O)COc4ccccc43)ccc21. The molecule has 2 N–H and O–H groups in total. The van der Waals surface area contributed by atoms with Crippen molar-refractivity contribution in [3.63, 3.8) is 0 Å². The van der Waals surface area contributed by atoms with Gasteiger partial charge < -0.3 is 29.5 Å². The van der Waals surface area contributed by atoms with Crippen LogP contribution in [0.25, 0.3) is 0 Å². The van der Waals surface area contributed by atoms with Gasteiger partial charge in [-0.15, -0.1) is 6.58 Å². The molecule has 1 spiro atoms.